The van der Waals surface area contributed by atoms with E-state index in [-0.39, 0.29) is 31.6 Å². The number of hydrogen-bond donors (Lipinski definition) is 6. The molecule has 1 aromatic rings. The number of aliphatic hydroxyl groups is 6. The van der Waals surface area contributed by atoms with Crippen LogP contribution >= 0.6 is 0 Å². The van der Waals surface area contributed by atoms with Gasteiger partial charge in [0.05, 0.1) is 29.5 Å². The highest BCUT2D eigenvalue weighted by molar-refractivity contribution is 6.00. The van der Waals surface area contributed by atoms with Gasteiger partial charge in [0.2, 0.25) is 0 Å². The minimum absolute atomic E-state index is 0.00639. The van der Waals surface area contributed by atoms with E-state index in [9.17, 15) is 40.2 Å². The van der Waals surface area contributed by atoms with Gasteiger partial charge in [-0.25, -0.2) is 4.79 Å². The predicted octanol–water partition coefficient (Wildman–Crippen LogP) is 3.09. The Bertz CT molecular complexity index is 1350. The van der Waals surface area contributed by atoms with Crippen molar-refractivity contribution in [2.45, 2.75) is 121 Å². The fraction of sp³-hybridized carbons (Fsp3) is 0.667. The number of esters is 1. The second-order valence-electron chi connectivity index (χ2n) is 15.2. The molecule has 0 aliphatic heterocycles. The molecule has 3 fully saturated rings. The first kappa shape index (κ1) is 33.9. The molecular weight excluding hydrogens is 576 g/mol. The molecule has 9 nitrogen and oxygen atoms in total. The van der Waals surface area contributed by atoms with E-state index in [0.717, 1.165) is 5.56 Å². The van der Waals surface area contributed by atoms with Gasteiger partial charge < -0.3 is 35.4 Å². The smallest absolute Gasteiger partial charge is 0.331 e. The number of carbonyl (C=O) groups is 2. The molecule has 0 bridgehead atoms. The summed E-state index contributed by atoms with van der Waals surface area (Å²) in [4.78, 5) is 26.6. The lowest BCUT2D eigenvalue weighted by Crippen LogP contribution is -2.69. The molecule has 9 heteroatoms. The van der Waals surface area contributed by atoms with Crippen LogP contribution < -0.4 is 0 Å². The van der Waals surface area contributed by atoms with Crippen LogP contribution in [0.15, 0.2) is 48.1 Å². The van der Waals surface area contributed by atoms with E-state index in [2.05, 4.69) is 0 Å². The zero-order chi connectivity index (χ0) is 33.2. The summed E-state index contributed by atoms with van der Waals surface area (Å²) >= 11 is 0. The maximum Gasteiger partial charge on any atom is 0.331 e. The lowest BCUT2D eigenvalue weighted by Gasteiger charge is -2.63. The zero-order valence-electron chi connectivity index (χ0n) is 27.0. The molecular formula is C36H50O9. The monoisotopic (exact) mass is 626 g/mol. The van der Waals surface area contributed by atoms with E-state index in [0.29, 0.717) is 24.8 Å². The van der Waals surface area contributed by atoms with E-state index in [1.165, 1.54) is 12.2 Å². The minimum Gasteiger partial charge on any atom is -0.456 e. The van der Waals surface area contributed by atoms with Gasteiger partial charge in [0, 0.05) is 29.7 Å². The third kappa shape index (κ3) is 5.33. The molecule has 0 spiro atoms. The van der Waals surface area contributed by atoms with Crippen molar-refractivity contribution in [2.24, 2.45) is 28.6 Å². The van der Waals surface area contributed by atoms with E-state index >= 15 is 0 Å². The first-order chi connectivity index (χ1) is 20.9. The van der Waals surface area contributed by atoms with Crippen LogP contribution in [-0.2, 0) is 14.3 Å². The van der Waals surface area contributed by atoms with Crippen LogP contribution in [0.25, 0.3) is 6.08 Å². The molecule has 1 aromatic carbocycles. The van der Waals surface area contributed by atoms with Crippen molar-refractivity contribution in [3.63, 3.8) is 0 Å². The SMILES string of the molecule is CC(C)C(O)CC(O)[C@](C)(O)[C@H]1CC[C@@]2(O)C3=CC(=O)C4(O)CC(O)C(OC(=O)/C=C/c5ccccc5)C[C@]4(C)[C@H]3CC[C@]12C. The molecule has 45 heavy (non-hydrogen) atoms. The Balaban J connectivity index is 1.42. The summed E-state index contributed by atoms with van der Waals surface area (Å²) in [6.07, 6.45) is 1.24. The molecule has 5 unspecified atom stereocenters. The van der Waals surface area contributed by atoms with Crippen molar-refractivity contribution in [3.8, 4) is 0 Å². The Labute approximate surface area is 265 Å². The fourth-order valence-corrected chi connectivity index (χ4v) is 9.28. The summed E-state index contributed by atoms with van der Waals surface area (Å²) in [6, 6.07) is 9.24. The summed E-state index contributed by atoms with van der Waals surface area (Å²) in [6.45, 7) is 8.92. The van der Waals surface area contributed by atoms with Crippen LogP contribution in [0.5, 0.6) is 0 Å². The van der Waals surface area contributed by atoms with Crippen molar-refractivity contribution in [3.05, 3.63) is 53.6 Å². The molecule has 3 saturated carbocycles. The lowest BCUT2D eigenvalue weighted by atomic mass is 9.44. The highest BCUT2D eigenvalue weighted by Crippen LogP contribution is 2.69. The maximum atomic E-state index is 13.8. The zero-order valence-corrected chi connectivity index (χ0v) is 27.0. The normalized spacial score (nSPS) is 40.6. The maximum absolute atomic E-state index is 13.8. The van der Waals surface area contributed by atoms with E-state index < -0.39 is 75.6 Å². The van der Waals surface area contributed by atoms with Crippen LogP contribution in [0.4, 0.5) is 0 Å². The predicted molar refractivity (Wildman–Crippen MR) is 167 cm³/mol. The van der Waals surface area contributed by atoms with Crippen molar-refractivity contribution in [1.82, 2.24) is 0 Å². The summed E-state index contributed by atoms with van der Waals surface area (Å²) in [5.74, 6) is -2.34. The Hall–Kier alpha value is -2.40. The van der Waals surface area contributed by atoms with Crippen molar-refractivity contribution in [1.29, 1.82) is 0 Å². The Morgan fingerprint density at radius 2 is 1.71 bits per heavy atom. The van der Waals surface area contributed by atoms with Crippen LogP contribution in [0.2, 0.25) is 0 Å². The molecule has 5 rings (SSSR count). The van der Waals surface area contributed by atoms with Crippen LogP contribution in [0.3, 0.4) is 0 Å². The van der Waals surface area contributed by atoms with Gasteiger partial charge in [0.1, 0.15) is 11.7 Å². The summed E-state index contributed by atoms with van der Waals surface area (Å²) in [5.41, 5.74) is -5.79. The number of ketones is 1. The summed E-state index contributed by atoms with van der Waals surface area (Å²) in [5, 5.41) is 68.7. The van der Waals surface area contributed by atoms with Crippen LogP contribution in [0.1, 0.15) is 85.1 Å². The fourth-order valence-electron chi connectivity index (χ4n) is 9.28. The highest BCUT2D eigenvalue weighted by atomic mass is 16.6. The van der Waals surface area contributed by atoms with Crippen molar-refractivity contribution >= 4 is 17.8 Å². The van der Waals surface area contributed by atoms with Gasteiger partial charge in [-0.15, -0.1) is 0 Å². The molecule has 4 aliphatic rings. The first-order valence-corrected chi connectivity index (χ1v) is 16.3. The molecule has 6 N–H and O–H groups in total. The summed E-state index contributed by atoms with van der Waals surface area (Å²) < 4.78 is 5.71. The number of rotatable bonds is 8. The standard InChI is InChI=1S/C36H50O9/c1-21(2)25(37)18-29(39)34(5,42)28-14-16-35(43)24-17-30(40)36(44)19-26(38)27(20-33(36,4)23(24)13-15-32(28,35)3)45-31(41)12-11-22-9-7-6-8-10-22/h6-12,17,21,23,25-29,37-39,42-44H,13-16,18-20H2,1-5H3/b12-11+/t23-,25?,26?,27?,28-,29?,32+,33+,34+,35+,36?/m0/s1. The average molecular weight is 627 g/mol. The van der Waals surface area contributed by atoms with Crippen molar-refractivity contribution in [2.75, 3.05) is 0 Å². The van der Waals surface area contributed by atoms with Crippen LogP contribution in [-0.4, -0.2) is 83.6 Å². The number of aliphatic hydroxyl groups excluding tert-OH is 3. The number of carbonyl (C=O) groups excluding carboxylic acids is 2. The second-order valence-corrected chi connectivity index (χ2v) is 15.2. The number of fused-ring (bicyclic) bond motifs is 5. The molecule has 4 aliphatic carbocycles. The quantitative estimate of drug-likeness (QED) is 0.188. The molecule has 0 radical (unpaired) electrons. The highest BCUT2D eigenvalue weighted by Gasteiger charge is 2.72. The third-order valence-corrected chi connectivity index (χ3v) is 12.4. The first-order valence-electron chi connectivity index (χ1n) is 16.3. The Morgan fingerprint density at radius 1 is 1.04 bits per heavy atom. The molecule has 248 valence electrons. The van der Waals surface area contributed by atoms with Gasteiger partial charge in [-0.2, -0.15) is 0 Å². The van der Waals surface area contributed by atoms with Gasteiger partial charge in [-0.05, 0) is 80.1 Å². The number of hydrogen-bond acceptors (Lipinski definition) is 9. The van der Waals surface area contributed by atoms with Gasteiger partial charge in [-0.1, -0.05) is 58.0 Å². The largest absolute Gasteiger partial charge is 0.456 e. The second kappa shape index (κ2) is 11.7. The van der Waals surface area contributed by atoms with E-state index in [4.69, 9.17) is 4.74 Å². The van der Waals surface area contributed by atoms with Gasteiger partial charge in [-0.3, -0.25) is 4.79 Å². The molecule has 0 saturated heterocycles. The molecule has 11 atom stereocenters. The number of benzene rings is 1. The van der Waals surface area contributed by atoms with E-state index in [1.54, 1.807) is 19.9 Å². The third-order valence-electron chi connectivity index (χ3n) is 12.4. The minimum atomic E-state index is -1.92. The molecule has 0 aromatic heterocycles. The lowest BCUT2D eigenvalue weighted by molar-refractivity contribution is -0.216. The van der Waals surface area contributed by atoms with E-state index in [1.807, 2.05) is 51.1 Å². The van der Waals surface area contributed by atoms with Gasteiger partial charge in [0.25, 0.3) is 0 Å². The molecule has 0 heterocycles. The molecule has 0 amide bonds. The van der Waals surface area contributed by atoms with Gasteiger partial charge in [0.15, 0.2) is 5.78 Å². The van der Waals surface area contributed by atoms with Crippen molar-refractivity contribution < 1.29 is 45.0 Å². The average Bonchev–Trinajstić information content (AvgIpc) is 3.26. The number of ether oxygens (including phenoxy) is 1. The summed E-state index contributed by atoms with van der Waals surface area (Å²) in [7, 11) is 0. The Morgan fingerprint density at radius 3 is 2.36 bits per heavy atom. The Kier molecular flexibility index (Phi) is 8.82. The van der Waals surface area contributed by atoms with Crippen LogP contribution in [0, 0.1) is 28.6 Å². The topological polar surface area (TPSA) is 165 Å². The van der Waals surface area contributed by atoms with Gasteiger partial charge >= 0.3 is 5.97 Å².